The van der Waals surface area contributed by atoms with E-state index in [1.165, 1.54) is 106 Å². The standard InChI is InChI=1S/C26H34N2O7.C23H21FN2O2.C23H22N2O2.C22H27FN4O2.C21H24FN3O3/c1-31-19-10-8-18(9-11-19)26(30)27-23-20(17-22(32-2)24(33-3)25(23)34-4)21(29)7-5-6-12-28-13-15-35-16-14-28;24-19-12-6-13-20(26-23(28)18-11-7-15-25-16-18)22(19)21(27)14-5-4-10-17-8-2-1-3-9-17;26-22(15-7-4-11-18-9-2-1-3-10-18)20-13-5-6-14-21(20)25-23(27)19-12-8-16-24-17-19;1-26-12-14-27(15-13-26)11-3-2-9-20(28)21-18(23)7-4-8-19(21)25-22(29)17-6-5-10-24-16-17;22-17-6-3-7-18(24-21(27)16-5-4-9-23-15-16)20(17)19(26)8-1-2-10-25-11-13-28-14-12-25/h8-11,17H,5-7,12-16H2,1-4H3,(H,27,30);1-3,6-9,11-13,15-16H,4-5,10,14H2,(H,26,28);1-3,5-6,8-10,12-14,16-17H,4,7,11,15H2,(H,25,27);4-8,10,16H,2-3,9,11-15H2,1H3,(H,25,29);3-7,9,15H,1-2,8,10-14H2,(H,24,27). The van der Waals surface area contributed by atoms with E-state index in [0.29, 0.717) is 94.0 Å². The fraction of sp³-hybridized carbons (Fsp3) is 0.322. The summed E-state index contributed by atoms with van der Waals surface area (Å²) in [5.74, 6) is -3.27. The van der Waals surface area contributed by atoms with E-state index < -0.39 is 35.2 Å². The minimum absolute atomic E-state index is 0.0464. The van der Waals surface area contributed by atoms with Crippen LogP contribution in [0, 0.1) is 17.5 Å². The Morgan fingerprint density at radius 1 is 0.313 bits per heavy atom. The molecule has 0 radical (unpaired) electrons. The Morgan fingerprint density at radius 2 is 0.653 bits per heavy atom. The maximum absolute atomic E-state index is 14.4. The summed E-state index contributed by atoms with van der Waals surface area (Å²) in [7, 11) is 8.10. The van der Waals surface area contributed by atoms with E-state index >= 15 is 0 Å². The van der Waals surface area contributed by atoms with E-state index in [4.69, 9.17) is 28.4 Å². The van der Waals surface area contributed by atoms with Crippen LogP contribution in [0.5, 0.6) is 23.0 Å². The number of nitrogens with zero attached hydrogens (tertiary/aromatic N) is 8. The molecule has 0 aliphatic carbocycles. The number of piperazine rings is 1. The van der Waals surface area contributed by atoms with Gasteiger partial charge in [0, 0.05) is 151 Å². The third-order valence-corrected chi connectivity index (χ3v) is 24.6. The van der Waals surface area contributed by atoms with E-state index in [2.05, 4.69) is 85.3 Å². The molecule has 32 heteroatoms. The summed E-state index contributed by atoms with van der Waals surface area (Å²) in [6.45, 7) is 13.6. The summed E-state index contributed by atoms with van der Waals surface area (Å²) < 4.78 is 75.4. The number of aryl methyl sites for hydroxylation is 2. The number of benzene rings is 8. The zero-order chi connectivity index (χ0) is 104. The minimum Gasteiger partial charge on any atom is -0.497 e. The number of morpholine rings is 2. The van der Waals surface area contributed by atoms with Gasteiger partial charge in [0.25, 0.3) is 29.5 Å². The molecule has 7 heterocycles. The van der Waals surface area contributed by atoms with Gasteiger partial charge in [-0.05, 0) is 242 Å². The number of nitrogens with one attached hydrogen (secondary N) is 5. The molecule has 15 rings (SSSR count). The van der Waals surface area contributed by atoms with Gasteiger partial charge in [-0.25, -0.2) is 13.2 Å². The Hall–Kier alpha value is -15.2. The van der Waals surface area contributed by atoms with Crippen LogP contribution in [0.2, 0.25) is 0 Å². The van der Waals surface area contributed by atoms with Crippen LogP contribution in [0.3, 0.4) is 0 Å². The number of amides is 5. The van der Waals surface area contributed by atoms with Crippen LogP contribution in [0.25, 0.3) is 0 Å². The van der Waals surface area contributed by atoms with E-state index in [0.717, 1.165) is 156 Å². The first kappa shape index (κ1) is 112. The number of hydrogen-bond donors (Lipinski definition) is 5. The first-order valence-electron chi connectivity index (χ1n) is 49.4. The smallest absolute Gasteiger partial charge is 0.257 e. The summed E-state index contributed by atoms with van der Waals surface area (Å²) >= 11 is 0. The maximum atomic E-state index is 14.4. The summed E-state index contributed by atoms with van der Waals surface area (Å²) in [4.78, 5) is 151. The van der Waals surface area contributed by atoms with Crippen molar-refractivity contribution in [3.63, 3.8) is 0 Å². The Labute approximate surface area is 856 Å². The van der Waals surface area contributed by atoms with Crippen LogP contribution < -0.4 is 45.5 Å². The number of pyridine rings is 4. The van der Waals surface area contributed by atoms with E-state index in [1.807, 2.05) is 60.7 Å². The average Bonchev–Trinajstić information content (AvgIpc) is 0.768. The average molecular weight is 2010 g/mol. The molecule has 4 aromatic heterocycles. The lowest BCUT2D eigenvalue weighted by Crippen LogP contribution is -2.44. The van der Waals surface area contributed by atoms with E-state index in [9.17, 15) is 61.1 Å². The molecule has 3 saturated heterocycles. The highest BCUT2D eigenvalue weighted by molar-refractivity contribution is 6.14. The van der Waals surface area contributed by atoms with Crippen LogP contribution in [0.1, 0.15) is 211 Å². The number of anilines is 5. The summed E-state index contributed by atoms with van der Waals surface area (Å²) in [6.07, 6.45) is 23.4. The number of unbranched alkanes of at least 4 members (excludes halogenated alkanes) is 5. The van der Waals surface area contributed by atoms with Crippen molar-refractivity contribution in [1.29, 1.82) is 0 Å². The summed E-state index contributed by atoms with van der Waals surface area (Å²) in [5, 5.41) is 13.6. The molecule has 0 bridgehead atoms. The number of rotatable bonds is 44. The molecular weight excluding hydrogens is 1880 g/mol. The number of likely N-dealkylation sites (N-methyl/N-ethyl adjacent to an activating group) is 1. The summed E-state index contributed by atoms with van der Waals surface area (Å²) in [6, 6.07) is 61.6. The quantitative estimate of drug-likeness (QED) is 0.0175. The molecule has 3 aliphatic rings. The van der Waals surface area contributed by atoms with Crippen LogP contribution >= 0.6 is 0 Å². The molecule has 29 nitrogen and oxygen atoms in total. The molecule has 5 amide bonds. The van der Waals surface area contributed by atoms with Gasteiger partial charge >= 0.3 is 0 Å². The van der Waals surface area contributed by atoms with E-state index in [-0.39, 0.29) is 105 Å². The van der Waals surface area contributed by atoms with Crippen molar-refractivity contribution in [2.75, 3.05) is 160 Å². The monoisotopic (exact) mass is 2000 g/mol. The Morgan fingerprint density at radius 3 is 1.02 bits per heavy atom. The Balaban J connectivity index is 0.000000175. The number of aromatic nitrogens is 4. The van der Waals surface area contributed by atoms with Gasteiger partial charge in [0.1, 0.15) is 23.2 Å². The van der Waals surface area contributed by atoms with Crippen LogP contribution in [-0.4, -0.2) is 232 Å². The number of methoxy groups -OCH3 is 4. The molecule has 0 unspecified atom stereocenters. The van der Waals surface area contributed by atoms with Gasteiger partial charge in [-0.3, -0.25) is 77.7 Å². The van der Waals surface area contributed by atoms with Gasteiger partial charge in [-0.1, -0.05) is 91.0 Å². The third-order valence-electron chi connectivity index (χ3n) is 24.6. The second kappa shape index (κ2) is 61.2. The topological polar surface area (TPSA) is 351 Å². The molecule has 12 aromatic rings. The number of hydrogen-bond acceptors (Lipinski definition) is 24. The lowest BCUT2D eigenvalue weighted by Gasteiger charge is -2.32. The molecule has 3 fully saturated rings. The van der Waals surface area contributed by atoms with Gasteiger partial charge in [0.15, 0.2) is 40.4 Å². The van der Waals surface area contributed by atoms with Gasteiger partial charge in [-0.15, -0.1) is 0 Å². The predicted molar refractivity (Wildman–Crippen MR) is 561 cm³/mol. The van der Waals surface area contributed by atoms with Crippen molar-refractivity contribution in [3.05, 3.63) is 352 Å². The van der Waals surface area contributed by atoms with Gasteiger partial charge in [0.2, 0.25) is 5.75 Å². The van der Waals surface area contributed by atoms with Crippen molar-refractivity contribution in [3.8, 4) is 23.0 Å². The largest absolute Gasteiger partial charge is 0.497 e. The first-order chi connectivity index (χ1) is 71.6. The highest BCUT2D eigenvalue weighted by Gasteiger charge is 2.29. The highest BCUT2D eigenvalue weighted by Crippen LogP contribution is 2.46. The number of carbonyl (C=O) groups is 10. The molecule has 147 heavy (non-hydrogen) atoms. The van der Waals surface area contributed by atoms with Gasteiger partial charge < -0.3 is 64.8 Å². The highest BCUT2D eigenvalue weighted by atomic mass is 19.1. The third kappa shape index (κ3) is 36.2. The number of ether oxygens (including phenoxy) is 6. The maximum Gasteiger partial charge on any atom is 0.257 e. The number of carbonyl (C=O) groups excluding carboxylic acids is 10. The number of para-hydroxylation sites is 1. The van der Waals surface area contributed by atoms with Crippen molar-refractivity contribution in [2.45, 2.75) is 109 Å². The van der Waals surface area contributed by atoms with Crippen molar-refractivity contribution < 1.29 is 89.5 Å². The zero-order valence-electron chi connectivity index (χ0n) is 83.8. The number of halogens is 3. The minimum atomic E-state index is -0.628. The van der Waals surface area contributed by atoms with Crippen molar-refractivity contribution in [2.24, 2.45) is 0 Å². The van der Waals surface area contributed by atoms with Crippen LogP contribution in [-0.2, 0) is 22.3 Å². The fourth-order valence-electron chi connectivity index (χ4n) is 16.5. The molecule has 3 aliphatic heterocycles. The second-order valence-electron chi connectivity index (χ2n) is 35.0. The predicted octanol–water partition coefficient (Wildman–Crippen LogP) is 19.9. The lowest BCUT2D eigenvalue weighted by atomic mass is 10.0. The lowest BCUT2D eigenvalue weighted by molar-refractivity contribution is 0.0370. The van der Waals surface area contributed by atoms with Crippen LogP contribution in [0.4, 0.5) is 41.6 Å². The van der Waals surface area contributed by atoms with Crippen molar-refractivity contribution in [1.82, 2.24) is 39.5 Å². The normalized spacial score (nSPS) is 13.0. The molecule has 0 saturated carbocycles. The van der Waals surface area contributed by atoms with Crippen molar-refractivity contribution >= 4 is 86.9 Å². The number of Topliss-reactive ketones (excluding diaryl/α,β-unsaturated/α-hetero) is 5. The summed E-state index contributed by atoms with van der Waals surface area (Å²) in [5.41, 5.74) is 6.44. The Bertz CT molecular complexity index is 6230. The van der Waals surface area contributed by atoms with E-state index in [1.54, 1.807) is 129 Å². The van der Waals surface area contributed by atoms with Crippen LogP contribution in [0.15, 0.2) is 268 Å². The second-order valence-corrected chi connectivity index (χ2v) is 35.0. The zero-order valence-corrected chi connectivity index (χ0v) is 83.8. The van der Waals surface area contributed by atoms with Gasteiger partial charge in [0.05, 0.1) is 122 Å². The first-order valence-corrected chi connectivity index (χ1v) is 49.4. The number of ketones is 5. The molecule has 5 N–H and O–H groups in total. The SMILES string of the molecule is CN1CCN(CCCCC(=O)c2c(F)cccc2NC(=O)c2cccnc2)CC1.COc1ccc(C(=O)Nc2c(C(=O)CCCCN3CCOCC3)cc(OC)c(OC)c2OC)cc1.O=C(Nc1cccc(F)c1C(=O)CCCCN1CCOCC1)c1cccnc1.O=C(Nc1cccc(F)c1C(=O)CCCCc1ccccc1)c1cccnc1.O=C(Nc1ccccc1C(=O)CCCCc1ccccc1)c1cccnc1. The molecule has 8 aromatic carbocycles. The fourth-order valence-corrected chi connectivity index (χ4v) is 16.5. The van der Waals surface area contributed by atoms with Gasteiger partial charge in [-0.2, -0.15) is 0 Å². The molecule has 0 spiro atoms. The molecule has 770 valence electrons. The Kier molecular flexibility index (Phi) is 46.7. The molecule has 0 atom stereocenters. The molecular formula is C115H128F3N13O16.